The van der Waals surface area contributed by atoms with E-state index in [4.69, 9.17) is 0 Å². The molecule has 2 aromatic carbocycles. The van der Waals surface area contributed by atoms with Crippen LogP contribution >= 0.6 is 0 Å². The van der Waals surface area contributed by atoms with Gasteiger partial charge in [-0.1, -0.05) is 38.1 Å². The predicted octanol–water partition coefficient (Wildman–Crippen LogP) is 3.23. The van der Waals surface area contributed by atoms with Crippen LogP contribution in [0.5, 0.6) is 0 Å². The predicted molar refractivity (Wildman–Crippen MR) is 131 cm³/mol. The molecule has 0 aliphatic carbocycles. The number of carbonyl (C=O) groups excluding carboxylic acids is 2. The van der Waals surface area contributed by atoms with E-state index in [0.717, 1.165) is 23.6 Å². The highest BCUT2D eigenvalue weighted by Crippen LogP contribution is 2.38. The van der Waals surface area contributed by atoms with Gasteiger partial charge in [0.1, 0.15) is 11.6 Å². The molecule has 0 unspecified atom stereocenters. The van der Waals surface area contributed by atoms with Crippen LogP contribution in [-0.2, 0) is 21.5 Å². The number of amides is 2. The van der Waals surface area contributed by atoms with Gasteiger partial charge in [-0.15, -0.1) is 0 Å². The van der Waals surface area contributed by atoms with Gasteiger partial charge in [0.15, 0.2) is 0 Å². The second kappa shape index (κ2) is 11.7. The quantitative estimate of drug-likeness (QED) is 0.450. The van der Waals surface area contributed by atoms with E-state index in [1.165, 1.54) is 19.1 Å². The molecule has 1 aliphatic rings. The summed E-state index contributed by atoms with van der Waals surface area (Å²) in [7, 11) is 0. The van der Waals surface area contributed by atoms with Crippen LogP contribution < -0.4 is 10.6 Å². The first-order valence-electron chi connectivity index (χ1n) is 12.1. The fraction of sp³-hybridized carbons (Fsp3) is 0.481. The second-order valence-electron chi connectivity index (χ2n) is 9.68. The first kappa shape index (κ1) is 26.8. The molecule has 0 radical (unpaired) electrons. The van der Waals surface area contributed by atoms with E-state index >= 15 is 0 Å². The number of carbonyl (C=O) groups is 2. The van der Waals surface area contributed by atoms with Gasteiger partial charge in [0, 0.05) is 19.5 Å². The van der Waals surface area contributed by atoms with Crippen molar-refractivity contribution in [2.24, 2.45) is 0 Å². The van der Waals surface area contributed by atoms with E-state index < -0.39 is 29.3 Å². The van der Waals surface area contributed by atoms with Crippen molar-refractivity contribution in [3.8, 4) is 0 Å². The van der Waals surface area contributed by atoms with Gasteiger partial charge in [-0.3, -0.25) is 9.59 Å². The number of hydrogen-bond acceptors (Lipinski definition) is 4. The summed E-state index contributed by atoms with van der Waals surface area (Å²) in [6.07, 6.45) is 0.943. The molecule has 2 aromatic rings. The molecule has 2 atom stereocenters. The van der Waals surface area contributed by atoms with Crippen molar-refractivity contribution in [2.45, 2.75) is 63.6 Å². The third kappa shape index (κ3) is 6.64. The maximum absolute atomic E-state index is 13.7. The summed E-state index contributed by atoms with van der Waals surface area (Å²) in [6, 6.07) is 10.5. The third-order valence-corrected chi connectivity index (χ3v) is 6.81. The molecule has 3 N–H and O–H groups in total. The number of rotatable bonds is 10. The molecule has 8 heteroatoms. The molecular weight excluding hydrogens is 452 g/mol. The minimum absolute atomic E-state index is 0.0134. The number of benzene rings is 2. The van der Waals surface area contributed by atoms with Crippen LogP contribution in [0, 0.1) is 11.6 Å². The molecule has 1 aliphatic heterocycles. The molecule has 0 spiro atoms. The fourth-order valence-electron chi connectivity index (χ4n) is 4.94. The maximum atomic E-state index is 13.7. The first-order chi connectivity index (χ1) is 16.6. The molecule has 35 heavy (non-hydrogen) atoms. The third-order valence-electron chi connectivity index (χ3n) is 6.81. The monoisotopic (exact) mass is 487 g/mol. The van der Waals surface area contributed by atoms with Crippen LogP contribution in [0.3, 0.4) is 0 Å². The van der Waals surface area contributed by atoms with Crippen LogP contribution in [0.1, 0.15) is 56.2 Å². The lowest BCUT2D eigenvalue weighted by Crippen LogP contribution is -2.56. The Labute approximate surface area is 205 Å². The lowest BCUT2D eigenvalue weighted by molar-refractivity contribution is -0.128. The summed E-state index contributed by atoms with van der Waals surface area (Å²) in [5.74, 6) is -1.53. The van der Waals surface area contributed by atoms with Crippen molar-refractivity contribution in [2.75, 3.05) is 19.6 Å². The summed E-state index contributed by atoms with van der Waals surface area (Å²) in [6.45, 7) is 6.92. The molecule has 1 saturated heterocycles. The first-order valence-corrected chi connectivity index (χ1v) is 12.1. The van der Waals surface area contributed by atoms with Gasteiger partial charge in [0.2, 0.25) is 12.3 Å². The number of nitrogens with one attached hydrogen (secondary N) is 2. The molecule has 190 valence electrons. The van der Waals surface area contributed by atoms with Crippen LogP contribution in [0.2, 0.25) is 0 Å². The standard InChI is InChI=1S/C27H35F2N3O3/c1-18(2)21-5-4-6-22(14-21)27(7-9-30-10-8-27)32(17-33)16-26(35)25(31-19(3)34)13-20-11-23(28)15-24(29)12-20/h4-6,11-12,14-15,17-18,25-26,30,35H,7-10,13,16H2,1-3H3,(H,31,34)/t25-,26-/m0/s1. The number of hydrogen-bond donors (Lipinski definition) is 3. The van der Waals surface area contributed by atoms with Gasteiger partial charge >= 0.3 is 0 Å². The molecule has 2 amide bonds. The lowest BCUT2D eigenvalue weighted by Gasteiger charge is -2.46. The van der Waals surface area contributed by atoms with Crippen molar-refractivity contribution in [1.29, 1.82) is 0 Å². The Balaban J connectivity index is 1.90. The van der Waals surface area contributed by atoms with Crippen LogP contribution in [0.15, 0.2) is 42.5 Å². The Bertz CT molecular complexity index is 1000. The summed E-state index contributed by atoms with van der Waals surface area (Å²) < 4.78 is 27.5. The topological polar surface area (TPSA) is 81.7 Å². The van der Waals surface area contributed by atoms with Crippen molar-refractivity contribution in [3.63, 3.8) is 0 Å². The average Bonchev–Trinajstić information content (AvgIpc) is 2.81. The molecule has 6 nitrogen and oxygen atoms in total. The Morgan fingerprint density at radius 2 is 1.83 bits per heavy atom. The Morgan fingerprint density at radius 3 is 2.40 bits per heavy atom. The highest BCUT2D eigenvalue weighted by Gasteiger charge is 2.41. The second-order valence-corrected chi connectivity index (χ2v) is 9.68. The SMILES string of the molecule is CC(=O)N[C@@H](Cc1cc(F)cc(F)c1)[C@@H](O)CN(C=O)C1(c2cccc(C(C)C)c2)CCNCC1. The van der Waals surface area contributed by atoms with E-state index in [-0.39, 0.29) is 18.9 Å². The van der Waals surface area contributed by atoms with Crippen molar-refractivity contribution in [1.82, 2.24) is 15.5 Å². The van der Waals surface area contributed by atoms with Gasteiger partial charge < -0.3 is 20.6 Å². The molecule has 0 bridgehead atoms. The highest BCUT2D eigenvalue weighted by molar-refractivity contribution is 5.73. The Hall–Kier alpha value is -2.84. The number of nitrogens with zero attached hydrogens (tertiary/aromatic N) is 1. The van der Waals surface area contributed by atoms with E-state index in [1.54, 1.807) is 4.90 Å². The van der Waals surface area contributed by atoms with E-state index in [0.29, 0.717) is 37.4 Å². The van der Waals surface area contributed by atoms with Gasteiger partial charge in [0.05, 0.1) is 17.7 Å². The van der Waals surface area contributed by atoms with Gasteiger partial charge in [-0.05, 0) is 67.1 Å². The van der Waals surface area contributed by atoms with E-state index in [1.807, 2.05) is 12.1 Å². The molecule has 3 rings (SSSR count). The molecule has 0 aromatic heterocycles. The summed E-state index contributed by atoms with van der Waals surface area (Å²) in [5, 5.41) is 17.2. The smallest absolute Gasteiger partial charge is 0.217 e. The Kier molecular flexibility index (Phi) is 8.97. The van der Waals surface area contributed by atoms with E-state index in [9.17, 15) is 23.5 Å². The Morgan fingerprint density at radius 1 is 1.17 bits per heavy atom. The van der Waals surface area contributed by atoms with Gasteiger partial charge in [-0.2, -0.15) is 0 Å². The average molecular weight is 488 g/mol. The zero-order valence-electron chi connectivity index (χ0n) is 20.6. The van der Waals surface area contributed by atoms with Crippen molar-refractivity contribution >= 4 is 12.3 Å². The van der Waals surface area contributed by atoms with Crippen LogP contribution in [0.4, 0.5) is 8.78 Å². The zero-order chi connectivity index (χ0) is 25.6. The van der Waals surface area contributed by atoms with Gasteiger partial charge in [0.25, 0.3) is 0 Å². The number of aliphatic hydroxyl groups is 1. The number of halogens is 2. The maximum Gasteiger partial charge on any atom is 0.217 e. The highest BCUT2D eigenvalue weighted by atomic mass is 19.1. The van der Waals surface area contributed by atoms with Crippen LogP contribution in [0.25, 0.3) is 0 Å². The van der Waals surface area contributed by atoms with Crippen molar-refractivity contribution in [3.05, 3.63) is 70.8 Å². The van der Waals surface area contributed by atoms with E-state index in [2.05, 4.69) is 36.6 Å². The summed E-state index contributed by atoms with van der Waals surface area (Å²) in [4.78, 5) is 25.9. The summed E-state index contributed by atoms with van der Waals surface area (Å²) in [5.41, 5.74) is 1.85. The van der Waals surface area contributed by atoms with Crippen molar-refractivity contribution < 1.29 is 23.5 Å². The zero-order valence-corrected chi connectivity index (χ0v) is 20.6. The minimum Gasteiger partial charge on any atom is -0.389 e. The normalized spacial score (nSPS) is 17.0. The molecule has 1 fully saturated rings. The fourth-order valence-corrected chi connectivity index (χ4v) is 4.94. The molecule has 0 saturated carbocycles. The number of aliphatic hydroxyl groups excluding tert-OH is 1. The lowest BCUT2D eigenvalue weighted by atomic mass is 9.78. The summed E-state index contributed by atoms with van der Waals surface area (Å²) >= 11 is 0. The number of piperidine rings is 1. The van der Waals surface area contributed by atoms with Crippen LogP contribution in [-0.4, -0.2) is 54.1 Å². The minimum atomic E-state index is -1.16. The molecule has 1 heterocycles. The van der Waals surface area contributed by atoms with Gasteiger partial charge in [-0.25, -0.2) is 8.78 Å². The largest absolute Gasteiger partial charge is 0.389 e. The molecular formula is C27H35F2N3O3.